The first-order valence-corrected chi connectivity index (χ1v) is 5.94. The minimum Gasteiger partial charge on any atom is -0.302 e. The summed E-state index contributed by atoms with van der Waals surface area (Å²) in [6.07, 6.45) is 0.490. The van der Waals surface area contributed by atoms with Crippen molar-refractivity contribution in [2.24, 2.45) is 0 Å². The largest absolute Gasteiger partial charge is 0.302 e. The van der Waals surface area contributed by atoms with Crippen LogP contribution in [0.25, 0.3) is 0 Å². The summed E-state index contributed by atoms with van der Waals surface area (Å²) in [6, 6.07) is 0. The van der Waals surface area contributed by atoms with Gasteiger partial charge in [0, 0.05) is 11.3 Å². The summed E-state index contributed by atoms with van der Waals surface area (Å²) in [7, 11) is 0. The van der Waals surface area contributed by atoms with Gasteiger partial charge in [-0.15, -0.1) is 11.3 Å². The number of hydrogen-bond donors (Lipinski definition) is 1. The molecule has 1 aromatic heterocycles. The Kier molecular flexibility index (Phi) is 3.50. The minimum atomic E-state index is 0.0178. The van der Waals surface area contributed by atoms with Gasteiger partial charge in [-0.3, -0.25) is 4.79 Å². The molecule has 1 N–H and O–H groups in total. The zero-order valence-corrected chi connectivity index (χ0v) is 10.8. The van der Waals surface area contributed by atoms with Crippen molar-refractivity contribution >= 4 is 22.4 Å². The molecule has 0 saturated carbocycles. The van der Waals surface area contributed by atoms with Crippen LogP contribution in [0.15, 0.2) is 0 Å². The highest BCUT2D eigenvalue weighted by atomic mass is 32.1. The van der Waals surface area contributed by atoms with E-state index in [-0.39, 0.29) is 11.3 Å². The van der Waals surface area contributed by atoms with Crippen LogP contribution < -0.4 is 5.32 Å². The van der Waals surface area contributed by atoms with Gasteiger partial charge in [-0.1, -0.05) is 27.7 Å². The van der Waals surface area contributed by atoms with Gasteiger partial charge >= 0.3 is 0 Å². The first-order chi connectivity index (χ1) is 6.84. The third-order valence-electron chi connectivity index (χ3n) is 2.05. The summed E-state index contributed by atoms with van der Waals surface area (Å²) < 4.78 is 0. The average molecular weight is 226 g/mol. The van der Waals surface area contributed by atoms with E-state index in [1.165, 1.54) is 4.88 Å². The first-order valence-electron chi connectivity index (χ1n) is 5.12. The molecule has 0 radical (unpaired) electrons. The Morgan fingerprint density at radius 2 is 2.07 bits per heavy atom. The third-order valence-corrected chi connectivity index (χ3v) is 3.54. The summed E-state index contributed by atoms with van der Waals surface area (Å²) in [5.74, 6) is 0.0178. The first kappa shape index (κ1) is 12.2. The van der Waals surface area contributed by atoms with Gasteiger partial charge in [-0.05, 0) is 12.3 Å². The molecule has 0 saturated heterocycles. The zero-order valence-electron chi connectivity index (χ0n) is 9.97. The monoisotopic (exact) mass is 226 g/mol. The Bertz CT molecular complexity index is 363. The molecule has 0 spiro atoms. The van der Waals surface area contributed by atoms with E-state index in [1.807, 2.05) is 13.8 Å². The van der Waals surface area contributed by atoms with Crippen molar-refractivity contribution in [3.05, 3.63) is 10.6 Å². The highest BCUT2D eigenvalue weighted by Crippen LogP contribution is 2.33. The van der Waals surface area contributed by atoms with Gasteiger partial charge in [0.15, 0.2) is 5.13 Å². The van der Waals surface area contributed by atoms with E-state index in [0.29, 0.717) is 11.6 Å². The lowest BCUT2D eigenvalue weighted by atomic mass is 9.94. The number of nitrogens with zero attached hydrogens (tertiary/aromatic N) is 1. The molecule has 0 aromatic carbocycles. The minimum absolute atomic E-state index is 0.0178. The van der Waals surface area contributed by atoms with Crippen LogP contribution in [0.4, 0.5) is 5.13 Å². The lowest BCUT2D eigenvalue weighted by molar-refractivity contribution is -0.115. The van der Waals surface area contributed by atoms with E-state index in [1.54, 1.807) is 11.3 Å². The number of amides is 1. The number of hydrogen-bond acceptors (Lipinski definition) is 3. The fourth-order valence-corrected chi connectivity index (χ4v) is 2.39. The van der Waals surface area contributed by atoms with Crippen LogP contribution in [0.2, 0.25) is 0 Å². The quantitative estimate of drug-likeness (QED) is 0.842. The van der Waals surface area contributed by atoms with Crippen molar-refractivity contribution < 1.29 is 4.79 Å². The van der Waals surface area contributed by atoms with Gasteiger partial charge in [-0.2, -0.15) is 0 Å². The normalized spacial score (nSPS) is 11.5. The SMILES string of the molecule is CCC(=O)Nc1nc(C)c(C(C)(C)C)s1. The number of carbonyl (C=O) groups is 1. The van der Waals surface area contributed by atoms with Crippen molar-refractivity contribution in [1.82, 2.24) is 4.98 Å². The van der Waals surface area contributed by atoms with Gasteiger partial charge in [0.05, 0.1) is 5.69 Å². The number of aromatic nitrogens is 1. The van der Waals surface area contributed by atoms with Crippen LogP contribution in [-0.2, 0) is 10.2 Å². The Morgan fingerprint density at radius 3 is 2.47 bits per heavy atom. The molecule has 3 nitrogen and oxygen atoms in total. The average Bonchev–Trinajstić information content (AvgIpc) is 2.45. The second-order valence-electron chi connectivity index (χ2n) is 4.59. The lowest BCUT2D eigenvalue weighted by Gasteiger charge is -2.16. The molecule has 1 rings (SSSR count). The predicted molar refractivity (Wildman–Crippen MR) is 64.5 cm³/mol. The lowest BCUT2D eigenvalue weighted by Crippen LogP contribution is -2.10. The maximum absolute atomic E-state index is 11.2. The van der Waals surface area contributed by atoms with Gasteiger partial charge in [0.1, 0.15) is 0 Å². The highest BCUT2D eigenvalue weighted by molar-refractivity contribution is 7.16. The van der Waals surface area contributed by atoms with Crippen LogP contribution in [-0.4, -0.2) is 10.9 Å². The van der Waals surface area contributed by atoms with Crippen LogP contribution in [0.1, 0.15) is 44.7 Å². The Morgan fingerprint density at radius 1 is 1.47 bits per heavy atom. The molecular weight excluding hydrogens is 208 g/mol. The molecule has 1 aromatic rings. The smallest absolute Gasteiger partial charge is 0.225 e. The molecule has 1 amide bonds. The third kappa shape index (κ3) is 3.02. The van der Waals surface area contributed by atoms with Crippen molar-refractivity contribution in [3.8, 4) is 0 Å². The Labute approximate surface area is 94.9 Å². The molecule has 84 valence electrons. The molecule has 4 heteroatoms. The molecule has 0 aliphatic carbocycles. The molecule has 0 bridgehead atoms. The van der Waals surface area contributed by atoms with Gasteiger partial charge in [0.2, 0.25) is 5.91 Å². The summed E-state index contributed by atoms with van der Waals surface area (Å²) in [5, 5.41) is 3.51. The van der Waals surface area contributed by atoms with Crippen LogP contribution in [0.3, 0.4) is 0 Å². The van der Waals surface area contributed by atoms with E-state index in [4.69, 9.17) is 0 Å². The maximum Gasteiger partial charge on any atom is 0.225 e. The molecule has 0 fully saturated rings. The van der Waals surface area contributed by atoms with Gasteiger partial charge in [-0.25, -0.2) is 4.98 Å². The Balaban J connectivity index is 2.91. The van der Waals surface area contributed by atoms with Crippen LogP contribution in [0.5, 0.6) is 0 Å². The molecule has 0 aliphatic heterocycles. The molecule has 15 heavy (non-hydrogen) atoms. The predicted octanol–water partition coefficient (Wildman–Crippen LogP) is 3.10. The standard InChI is InChI=1S/C11H18N2OS/c1-6-8(14)13-10-12-7(2)9(15-10)11(3,4)5/h6H2,1-5H3,(H,12,13,14). The van der Waals surface area contributed by atoms with Crippen LogP contribution in [0, 0.1) is 6.92 Å². The topological polar surface area (TPSA) is 42.0 Å². The fraction of sp³-hybridized carbons (Fsp3) is 0.636. The number of aryl methyl sites for hydroxylation is 1. The van der Waals surface area contributed by atoms with Gasteiger partial charge < -0.3 is 5.32 Å². The molecular formula is C11H18N2OS. The zero-order chi connectivity index (χ0) is 11.6. The number of anilines is 1. The van der Waals surface area contributed by atoms with E-state index in [2.05, 4.69) is 31.1 Å². The van der Waals surface area contributed by atoms with Crippen LogP contribution >= 0.6 is 11.3 Å². The van der Waals surface area contributed by atoms with E-state index < -0.39 is 0 Å². The van der Waals surface area contributed by atoms with E-state index >= 15 is 0 Å². The summed E-state index contributed by atoms with van der Waals surface area (Å²) in [6.45, 7) is 10.3. The van der Waals surface area contributed by atoms with Crippen molar-refractivity contribution in [2.45, 2.75) is 46.5 Å². The second-order valence-corrected chi connectivity index (χ2v) is 5.58. The second kappa shape index (κ2) is 4.31. The van der Waals surface area contributed by atoms with E-state index in [0.717, 1.165) is 5.69 Å². The molecule has 0 atom stereocenters. The van der Waals surface area contributed by atoms with Crippen molar-refractivity contribution in [2.75, 3.05) is 5.32 Å². The number of thiazole rings is 1. The summed E-state index contributed by atoms with van der Waals surface area (Å²) >= 11 is 1.57. The maximum atomic E-state index is 11.2. The summed E-state index contributed by atoms with van der Waals surface area (Å²) in [4.78, 5) is 16.8. The number of rotatable bonds is 2. The van der Waals surface area contributed by atoms with Crippen molar-refractivity contribution in [3.63, 3.8) is 0 Å². The fourth-order valence-electron chi connectivity index (χ4n) is 1.35. The molecule has 0 aliphatic rings. The highest BCUT2D eigenvalue weighted by Gasteiger charge is 2.21. The van der Waals surface area contributed by atoms with E-state index in [9.17, 15) is 4.79 Å². The molecule has 0 unspecified atom stereocenters. The summed E-state index contributed by atoms with van der Waals surface area (Å²) in [5.41, 5.74) is 1.11. The number of carbonyl (C=O) groups excluding carboxylic acids is 1. The van der Waals surface area contributed by atoms with Crippen molar-refractivity contribution in [1.29, 1.82) is 0 Å². The number of nitrogens with one attached hydrogen (secondary N) is 1. The Hall–Kier alpha value is -0.900. The van der Waals surface area contributed by atoms with Gasteiger partial charge in [0.25, 0.3) is 0 Å². The molecule has 1 heterocycles.